The highest BCUT2D eigenvalue weighted by atomic mass is 19.1. The molecule has 0 heterocycles. The Kier molecular flexibility index (Phi) is 7.40. The van der Waals surface area contributed by atoms with Crippen molar-refractivity contribution in [3.8, 4) is 0 Å². The van der Waals surface area contributed by atoms with E-state index in [1.807, 2.05) is 0 Å². The van der Waals surface area contributed by atoms with Gasteiger partial charge in [-0.25, -0.2) is 0 Å². The van der Waals surface area contributed by atoms with Crippen molar-refractivity contribution in [1.29, 1.82) is 0 Å². The van der Waals surface area contributed by atoms with Crippen LogP contribution in [0.25, 0.3) is 0 Å². The predicted molar refractivity (Wildman–Crippen MR) is 46.7 cm³/mol. The number of hydrogen-bond donors (Lipinski definition) is 2. The summed E-state index contributed by atoms with van der Waals surface area (Å²) in [5, 5.41) is 17.9. The lowest BCUT2D eigenvalue weighted by molar-refractivity contribution is 0.0325. The van der Waals surface area contributed by atoms with Crippen LogP contribution in [0.3, 0.4) is 0 Å². The van der Waals surface area contributed by atoms with Crippen molar-refractivity contribution in [3.63, 3.8) is 0 Å². The van der Waals surface area contributed by atoms with Crippen molar-refractivity contribution in [3.05, 3.63) is 0 Å². The van der Waals surface area contributed by atoms with Gasteiger partial charge in [-0.1, -0.05) is 19.3 Å². The molecule has 1 atom stereocenters. The number of halogens is 1. The zero-order valence-corrected chi connectivity index (χ0v) is 7.67. The Bertz CT molecular complexity index is 92.5. The third kappa shape index (κ3) is 4.02. The molecule has 1 aliphatic rings. The van der Waals surface area contributed by atoms with Crippen LogP contribution >= 0.6 is 0 Å². The number of aliphatic hydroxyl groups is 2. The fourth-order valence-corrected chi connectivity index (χ4v) is 1.67. The van der Waals surface area contributed by atoms with Crippen molar-refractivity contribution in [2.75, 3.05) is 13.8 Å². The number of hydrogen-bond acceptors (Lipinski definition) is 2. The van der Waals surface area contributed by atoms with E-state index in [9.17, 15) is 9.50 Å². The minimum atomic E-state index is -0.458. The van der Waals surface area contributed by atoms with Gasteiger partial charge in [0.05, 0.1) is 19.9 Å². The average Bonchev–Trinajstić information content (AvgIpc) is 2.21. The zero-order chi connectivity index (χ0) is 9.40. The SMILES string of the molecule is CF.OCC(O)C1CCCCC1. The fourth-order valence-electron chi connectivity index (χ4n) is 1.67. The minimum absolute atomic E-state index is 0.0648. The van der Waals surface area contributed by atoms with Crippen LogP contribution in [0.2, 0.25) is 0 Å². The second-order valence-corrected chi connectivity index (χ2v) is 3.15. The van der Waals surface area contributed by atoms with Gasteiger partial charge < -0.3 is 10.2 Å². The van der Waals surface area contributed by atoms with Gasteiger partial charge in [0.15, 0.2) is 0 Å². The molecule has 2 nitrogen and oxygen atoms in total. The summed E-state index contributed by atoms with van der Waals surface area (Å²) in [5.74, 6) is 0.374. The van der Waals surface area contributed by atoms with Gasteiger partial charge in [0.2, 0.25) is 0 Å². The van der Waals surface area contributed by atoms with E-state index in [0.717, 1.165) is 12.8 Å². The van der Waals surface area contributed by atoms with Crippen LogP contribution in [-0.4, -0.2) is 30.1 Å². The van der Waals surface area contributed by atoms with Crippen LogP contribution in [0, 0.1) is 5.92 Å². The Balaban J connectivity index is 0.000000561. The highest BCUT2D eigenvalue weighted by Gasteiger charge is 2.20. The molecule has 1 saturated carbocycles. The molecule has 12 heavy (non-hydrogen) atoms. The van der Waals surface area contributed by atoms with E-state index in [4.69, 9.17) is 5.11 Å². The lowest BCUT2D eigenvalue weighted by Gasteiger charge is -2.24. The third-order valence-electron chi connectivity index (χ3n) is 2.38. The molecular weight excluding hydrogens is 159 g/mol. The molecule has 3 heteroatoms. The molecule has 0 aliphatic heterocycles. The summed E-state index contributed by atoms with van der Waals surface area (Å²) in [6, 6.07) is 0. The lowest BCUT2D eigenvalue weighted by Crippen LogP contribution is -2.25. The smallest absolute Gasteiger partial charge is 0.0799 e. The molecule has 0 spiro atoms. The highest BCUT2D eigenvalue weighted by Crippen LogP contribution is 2.25. The average molecular weight is 178 g/mol. The van der Waals surface area contributed by atoms with Crippen LogP contribution in [0.1, 0.15) is 32.1 Å². The van der Waals surface area contributed by atoms with Crippen molar-refractivity contribution < 1.29 is 14.6 Å². The molecule has 1 unspecified atom stereocenters. The molecule has 0 aromatic heterocycles. The second kappa shape index (κ2) is 7.50. The minimum Gasteiger partial charge on any atom is -0.394 e. The first-order valence-electron chi connectivity index (χ1n) is 4.51. The molecule has 0 aromatic carbocycles. The maximum atomic E-state index is 9.50. The Morgan fingerprint density at radius 3 is 2.17 bits per heavy atom. The molecule has 1 rings (SSSR count). The summed E-state index contributed by atoms with van der Waals surface area (Å²) in [7, 11) is 0.500. The van der Waals surface area contributed by atoms with E-state index in [1.165, 1.54) is 19.3 Å². The van der Waals surface area contributed by atoms with Gasteiger partial charge in [-0.2, -0.15) is 0 Å². The number of alkyl halides is 1. The van der Waals surface area contributed by atoms with Gasteiger partial charge in [0.1, 0.15) is 0 Å². The number of aliphatic hydroxyl groups excluding tert-OH is 2. The van der Waals surface area contributed by atoms with E-state index in [2.05, 4.69) is 0 Å². The fraction of sp³-hybridized carbons (Fsp3) is 1.00. The van der Waals surface area contributed by atoms with Crippen LogP contribution < -0.4 is 0 Å². The maximum Gasteiger partial charge on any atom is 0.0799 e. The van der Waals surface area contributed by atoms with Gasteiger partial charge in [0, 0.05) is 0 Å². The summed E-state index contributed by atoms with van der Waals surface area (Å²) in [4.78, 5) is 0. The largest absolute Gasteiger partial charge is 0.394 e. The molecule has 0 saturated heterocycles. The first-order chi connectivity index (χ1) is 5.84. The van der Waals surface area contributed by atoms with Crippen molar-refractivity contribution in [1.82, 2.24) is 0 Å². The summed E-state index contributed by atoms with van der Waals surface area (Å²) in [6.07, 6.45) is 5.49. The predicted octanol–water partition coefficient (Wildman–Crippen LogP) is 1.51. The van der Waals surface area contributed by atoms with E-state index < -0.39 is 6.10 Å². The Hall–Kier alpha value is -0.150. The first-order valence-corrected chi connectivity index (χ1v) is 4.51. The van der Waals surface area contributed by atoms with Crippen LogP contribution in [0.15, 0.2) is 0 Å². The highest BCUT2D eigenvalue weighted by molar-refractivity contribution is 4.71. The van der Waals surface area contributed by atoms with Crippen LogP contribution in [0.4, 0.5) is 4.39 Å². The molecule has 1 fully saturated rings. The molecule has 1 aliphatic carbocycles. The molecule has 0 bridgehead atoms. The molecule has 0 radical (unpaired) electrons. The van der Waals surface area contributed by atoms with Gasteiger partial charge >= 0.3 is 0 Å². The maximum absolute atomic E-state index is 9.50. The van der Waals surface area contributed by atoms with Crippen molar-refractivity contribution >= 4 is 0 Å². The molecular formula is C9H19FO2. The van der Waals surface area contributed by atoms with Gasteiger partial charge in [-0.05, 0) is 18.8 Å². The van der Waals surface area contributed by atoms with Gasteiger partial charge in [-0.15, -0.1) is 0 Å². The first kappa shape index (κ1) is 11.8. The lowest BCUT2D eigenvalue weighted by atomic mass is 9.85. The molecule has 0 amide bonds. The summed E-state index contributed by atoms with van der Waals surface area (Å²) < 4.78 is 9.50. The van der Waals surface area contributed by atoms with Gasteiger partial charge in [-0.3, -0.25) is 4.39 Å². The van der Waals surface area contributed by atoms with E-state index in [1.54, 1.807) is 0 Å². The van der Waals surface area contributed by atoms with Crippen molar-refractivity contribution in [2.45, 2.75) is 38.2 Å². The third-order valence-corrected chi connectivity index (χ3v) is 2.38. The summed E-state index contributed by atoms with van der Waals surface area (Å²) in [5.41, 5.74) is 0. The van der Waals surface area contributed by atoms with E-state index in [0.29, 0.717) is 13.1 Å². The van der Waals surface area contributed by atoms with E-state index in [-0.39, 0.29) is 6.61 Å². The van der Waals surface area contributed by atoms with Crippen molar-refractivity contribution in [2.24, 2.45) is 5.92 Å². The van der Waals surface area contributed by atoms with Gasteiger partial charge in [0.25, 0.3) is 0 Å². The normalized spacial score (nSPS) is 21.0. The van der Waals surface area contributed by atoms with Crippen LogP contribution in [0.5, 0.6) is 0 Å². The quantitative estimate of drug-likeness (QED) is 0.672. The monoisotopic (exact) mass is 178 g/mol. The number of rotatable bonds is 2. The van der Waals surface area contributed by atoms with Crippen LogP contribution in [-0.2, 0) is 0 Å². The Morgan fingerprint density at radius 2 is 1.75 bits per heavy atom. The molecule has 2 N–H and O–H groups in total. The topological polar surface area (TPSA) is 40.5 Å². The molecule has 74 valence electrons. The summed E-state index contributed by atoms with van der Waals surface area (Å²) >= 11 is 0. The Labute approximate surface area is 73.4 Å². The summed E-state index contributed by atoms with van der Waals surface area (Å²) in [6.45, 7) is -0.0648. The van der Waals surface area contributed by atoms with E-state index >= 15 is 0 Å². The molecule has 0 aromatic rings. The Morgan fingerprint density at radius 1 is 1.25 bits per heavy atom. The standard InChI is InChI=1S/C8H16O2.CH3F/c9-6-8(10)7-4-2-1-3-5-7;1-2/h7-10H,1-6H2;1H3. The zero-order valence-electron chi connectivity index (χ0n) is 7.67. The second-order valence-electron chi connectivity index (χ2n) is 3.15.